The van der Waals surface area contributed by atoms with E-state index in [0.29, 0.717) is 5.92 Å². The molecular formula is C16H23ClN2O. The van der Waals surface area contributed by atoms with Crippen molar-refractivity contribution >= 4 is 17.5 Å². The van der Waals surface area contributed by atoms with Gasteiger partial charge < -0.3 is 9.80 Å². The molecule has 1 aromatic rings. The summed E-state index contributed by atoms with van der Waals surface area (Å²) >= 11 is 6.05. The van der Waals surface area contributed by atoms with Crippen LogP contribution in [0.4, 0.5) is 0 Å². The Labute approximate surface area is 126 Å². The minimum atomic E-state index is 0.198. The Kier molecular flexibility index (Phi) is 5.06. The highest BCUT2D eigenvalue weighted by Gasteiger charge is 2.24. The molecule has 110 valence electrons. The van der Waals surface area contributed by atoms with E-state index in [1.54, 1.807) is 6.92 Å². The van der Waals surface area contributed by atoms with Crippen molar-refractivity contribution in [2.75, 3.05) is 26.7 Å². The molecule has 0 N–H and O–H groups in total. The van der Waals surface area contributed by atoms with Gasteiger partial charge >= 0.3 is 0 Å². The minimum absolute atomic E-state index is 0.198. The molecule has 3 nitrogen and oxygen atoms in total. The number of hydrogen-bond donors (Lipinski definition) is 0. The summed E-state index contributed by atoms with van der Waals surface area (Å²) < 4.78 is 0. The molecule has 0 saturated carbocycles. The first-order valence-corrected chi connectivity index (χ1v) is 7.52. The van der Waals surface area contributed by atoms with Crippen LogP contribution in [0, 0.1) is 12.8 Å². The third-order valence-electron chi connectivity index (χ3n) is 3.98. The van der Waals surface area contributed by atoms with E-state index in [0.717, 1.165) is 43.2 Å². The summed E-state index contributed by atoms with van der Waals surface area (Å²) in [6, 6.07) is 6.20. The second-order valence-corrected chi connectivity index (χ2v) is 6.31. The van der Waals surface area contributed by atoms with Crippen molar-refractivity contribution in [3.63, 3.8) is 0 Å². The van der Waals surface area contributed by atoms with Gasteiger partial charge in [0.1, 0.15) is 0 Å². The summed E-state index contributed by atoms with van der Waals surface area (Å²) in [6.07, 6.45) is 1.11. The predicted octanol–water partition coefficient (Wildman–Crippen LogP) is 2.95. The fraction of sp³-hybridized carbons (Fsp3) is 0.562. The Balaban J connectivity index is 1.85. The van der Waals surface area contributed by atoms with Crippen LogP contribution in [0.1, 0.15) is 24.5 Å². The highest BCUT2D eigenvalue weighted by molar-refractivity contribution is 6.31. The van der Waals surface area contributed by atoms with E-state index in [-0.39, 0.29) is 5.91 Å². The lowest BCUT2D eigenvalue weighted by atomic mass is 10.1. The zero-order valence-corrected chi connectivity index (χ0v) is 13.3. The van der Waals surface area contributed by atoms with Crippen LogP contribution in [0.3, 0.4) is 0 Å². The first-order valence-electron chi connectivity index (χ1n) is 7.15. The number of hydrogen-bond acceptors (Lipinski definition) is 2. The Morgan fingerprint density at radius 3 is 2.85 bits per heavy atom. The Bertz CT molecular complexity index is 489. The lowest BCUT2D eigenvalue weighted by Crippen LogP contribution is -2.30. The highest BCUT2D eigenvalue weighted by Crippen LogP contribution is 2.20. The van der Waals surface area contributed by atoms with Gasteiger partial charge in [0.2, 0.25) is 5.91 Å². The van der Waals surface area contributed by atoms with E-state index in [2.05, 4.69) is 24.1 Å². The first kappa shape index (κ1) is 15.3. The smallest absolute Gasteiger partial charge is 0.219 e. The van der Waals surface area contributed by atoms with E-state index in [9.17, 15) is 4.79 Å². The highest BCUT2D eigenvalue weighted by atomic mass is 35.5. The number of carbonyl (C=O) groups is 1. The largest absolute Gasteiger partial charge is 0.343 e. The predicted molar refractivity (Wildman–Crippen MR) is 82.9 cm³/mol. The van der Waals surface area contributed by atoms with Gasteiger partial charge in [0, 0.05) is 38.1 Å². The second-order valence-electron chi connectivity index (χ2n) is 5.90. The van der Waals surface area contributed by atoms with Crippen molar-refractivity contribution < 1.29 is 4.79 Å². The van der Waals surface area contributed by atoms with Crippen molar-refractivity contribution in [3.05, 3.63) is 34.3 Å². The van der Waals surface area contributed by atoms with Crippen LogP contribution in [0.25, 0.3) is 0 Å². The standard InChI is InChI=1S/C16H23ClN2O/c1-12-8-14(4-5-16(12)17)9-18(3)10-15-6-7-19(11-15)13(2)20/h4-5,8,15H,6-7,9-11H2,1-3H3/t15-/m0/s1. The Hall–Kier alpha value is -1.06. The van der Waals surface area contributed by atoms with E-state index >= 15 is 0 Å². The summed E-state index contributed by atoms with van der Waals surface area (Å²) in [4.78, 5) is 15.6. The Morgan fingerprint density at radius 1 is 1.50 bits per heavy atom. The van der Waals surface area contributed by atoms with Gasteiger partial charge in [-0.05, 0) is 43.5 Å². The van der Waals surface area contributed by atoms with Gasteiger partial charge in [-0.25, -0.2) is 0 Å². The molecule has 1 fully saturated rings. The van der Waals surface area contributed by atoms with Crippen molar-refractivity contribution in [1.82, 2.24) is 9.80 Å². The monoisotopic (exact) mass is 294 g/mol. The van der Waals surface area contributed by atoms with Crippen LogP contribution in [0.5, 0.6) is 0 Å². The van der Waals surface area contributed by atoms with Gasteiger partial charge in [0.05, 0.1) is 0 Å². The number of aryl methyl sites for hydroxylation is 1. The van der Waals surface area contributed by atoms with Gasteiger partial charge in [-0.2, -0.15) is 0 Å². The number of carbonyl (C=O) groups excluding carboxylic acids is 1. The summed E-state index contributed by atoms with van der Waals surface area (Å²) in [7, 11) is 2.14. The number of nitrogens with zero attached hydrogens (tertiary/aromatic N) is 2. The number of amides is 1. The molecular weight excluding hydrogens is 272 g/mol. The average molecular weight is 295 g/mol. The van der Waals surface area contributed by atoms with Gasteiger partial charge in [-0.3, -0.25) is 4.79 Å². The zero-order valence-electron chi connectivity index (χ0n) is 12.5. The van der Waals surface area contributed by atoms with E-state index < -0.39 is 0 Å². The molecule has 1 aromatic carbocycles. The van der Waals surface area contributed by atoms with Crippen LogP contribution in [-0.4, -0.2) is 42.4 Å². The van der Waals surface area contributed by atoms with Crippen molar-refractivity contribution in [2.24, 2.45) is 5.92 Å². The van der Waals surface area contributed by atoms with E-state index in [1.807, 2.05) is 17.9 Å². The van der Waals surface area contributed by atoms with Crippen LogP contribution in [-0.2, 0) is 11.3 Å². The third-order valence-corrected chi connectivity index (χ3v) is 4.40. The zero-order chi connectivity index (χ0) is 14.7. The van der Waals surface area contributed by atoms with Crippen molar-refractivity contribution in [2.45, 2.75) is 26.8 Å². The molecule has 0 aromatic heterocycles. The van der Waals surface area contributed by atoms with Gasteiger partial charge in [-0.1, -0.05) is 23.7 Å². The fourth-order valence-electron chi connectivity index (χ4n) is 2.89. The van der Waals surface area contributed by atoms with Crippen molar-refractivity contribution in [3.8, 4) is 0 Å². The lowest BCUT2D eigenvalue weighted by Gasteiger charge is -2.21. The number of likely N-dealkylation sites (tertiary alicyclic amines) is 1. The molecule has 0 spiro atoms. The third kappa shape index (κ3) is 3.97. The maximum atomic E-state index is 11.3. The molecule has 20 heavy (non-hydrogen) atoms. The van der Waals surface area contributed by atoms with E-state index in [1.165, 1.54) is 5.56 Å². The van der Waals surface area contributed by atoms with Gasteiger partial charge in [0.15, 0.2) is 0 Å². The van der Waals surface area contributed by atoms with Crippen molar-refractivity contribution in [1.29, 1.82) is 0 Å². The number of benzene rings is 1. The molecule has 1 aliphatic heterocycles. The van der Waals surface area contributed by atoms with Crippen LogP contribution >= 0.6 is 11.6 Å². The lowest BCUT2D eigenvalue weighted by molar-refractivity contribution is -0.127. The molecule has 1 atom stereocenters. The molecule has 4 heteroatoms. The van der Waals surface area contributed by atoms with Crippen LogP contribution in [0.15, 0.2) is 18.2 Å². The normalized spacial score (nSPS) is 18.9. The first-order chi connectivity index (χ1) is 9.45. The topological polar surface area (TPSA) is 23.6 Å². The maximum absolute atomic E-state index is 11.3. The Morgan fingerprint density at radius 2 is 2.25 bits per heavy atom. The summed E-state index contributed by atoms with van der Waals surface area (Å²) in [5.41, 5.74) is 2.41. The second kappa shape index (κ2) is 6.59. The molecule has 0 unspecified atom stereocenters. The van der Waals surface area contributed by atoms with Gasteiger partial charge in [-0.15, -0.1) is 0 Å². The number of halogens is 1. The average Bonchev–Trinajstić information content (AvgIpc) is 2.82. The summed E-state index contributed by atoms with van der Waals surface area (Å²) in [5.74, 6) is 0.792. The fourth-order valence-corrected chi connectivity index (χ4v) is 3.01. The van der Waals surface area contributed by atoms with Gasteiger partial charge in [0.25, 0.3) is 0 Å². The minimum Gasteiger partial charge on any atom is -0.343 e. The van der Waals surface area contributed by atoms with Crippen LogP contribution < -0.4 is 0 Å². The SMILES string of the molecule is CC(=O)N1CC[C@@H](CN(C)Cc2ccc(Cl)c(C)c2)C1. The summed E-state index contributed by atoms with van der Waals surface area (Å²) in [5, 5.41) is 0.823. The molecule has 2 rings (SSSR count). The maximum Gasteiger partial charge on any atom is 0.219 e. The van der Waals surface area contributed by atoms with E-state index in [4.69, 9.17) is 11.6 Å². The molecule has 1 aliphatic rings. The molecule has 0 radical (unpaired) electrons. The molecule has 1 heterocycles. The molecule has 0 aliphatic carbocycles. The quantitative estimate of drug-likeness (QED) is 0.852. The number of rotatable bonds is 4. The molecule has 1 saturated heterocycles. The van der Waals surface area contributed by atoms with Crippen LogP contribution in [0.2, 0.25) is 5.02 Å². The molecule has 1 amide bonds. The summed E-state index contributed by atoms with van der Waals surface area (Å²) in [6.45, 7) is 7.46. The molecule has 0 bridgehead atoms.